The molecular weight excluding hydrogens is 316 g/mol. The fourth-order valence-corrected chi connectivity index (χ4v) is 3.85. The number of nitrogens with zero attached hydrogens (tertiary/aromatic N) is 2. The first-order valence-electron chi connectivity index (χ1n) is 9.00. The second-order valence-electron chi connectivity index (χ2n) is 7.12. The van der Waals surface area contributed by atoms with E-state index in [1.165, 1.54) is 0 Å². The van der Waals surface area contributed by atoms with Crippen LogP contribution in [0.3, 0.4) is 0 Å². The number of aliphatic hydroxyl groups excluding tert-OH is 1. The van der Waals surface area contributed by atoms with E-state index < -0.39 is 0 Å². The van der Waals surface area contributed by atoms with Gasteiger partial charge in [-0.25, -0.2) is 0 Å². The normalized spacial score (nSPS) is 20.0. The van der Waals surface area contributed by atoms with Gasteiger partial charge in [0.15, 0.2) is 0 Å². The molecule has 2 aliphatic rings. The fraction of sp³-hybridized carbons (Fsp3) is 0.500. The number of amides is 2. The zero-order valence-corrected chi connectivity index (χ0v) is 14.6. The molecule has 0 bridgehead atoms. The van der Waals surface area contributed by atoms with Crippen LogP contribution in [0.5, 0.6) is 0 Å². The zero-order valence-electron chi connectivity index (χ0n) is 14.6. The third kappa shape index (κ3) is 4.28. The standard InChI is InChI=1S/C20H26N2O3/c23-14-8-18(24)21-12-9-20(10-13-21)15-19(25)22(16-20)11-4-7-17-5-2-1-3-6-17/h1-7,23H,8-16H2/b7-4+. The molecule has 0 aliphatic carbocycles. The van der Waals surface area contributed by atoms with E-state index in [0.29, 0.717) is 26.1 Å². The number of hydrogen-bond donors (Lipinski definition) is 1. The summed E-state index contributed by atoms with van der Waals surface area (Å²) in [5.74, 6) is 0.233. The molecule has 0 radical (unpaired) electrons. The van der Waals surface area contributed by atoms with Gasteiger partial charge in [0.05, 0.1) is 6.61 Å². The number of carbonyl (C=O) groups is 2. The molecule has 3 rings (SSSR count). The van der Waals surface area contributed by atoms with Gasteiger partial charge in [-0.15, -0.1) is 0 Å². The van der Waals surface area contributed by atoms with Gasteiger partial charge in [0.1, 0.15) is 0 Å². The quantitative estimate of drug-likeness (QED) is 0.889. The van der Waals surface area contributed by atoms with E-state index in [1.54, 1.807) is 0 Å². The van der Waals surface area contributed by atoms with Crippen LogP contribution >= 0.6 is 0 Å². The average molecular weight is 342 g/mol. The Hall–Kier alpha value is -2.14. The van der Waals surface area contributed by atoms with Gasteiger partial charge in [-0.3, -0.25) is 9.59 Å². The van der Waals surface area contributed by atoms with Crippen molar-refractivity contribution < 1.29 is 14.7 Å². The molecular formula is C20H26N2O3. The molecule has 1 aromatic carbocycles. The largest absolute Gasteiger partial charge is 0.396 e. The fourth-order valence-electron chi connectivity index (χ4n) is 3.85. The smallest absolute Gasteiger partial charge is 0.224 e. The van der Waals surface area contributed by atoms with Gasteiger partial charge >= 0.3 is 0 Å². The van der Waals surface area contributed by atoms with Crippen LogP contribution in [-0.4, -0.2) is 59.5 Å². The minimum absolute atomic E-state index is 0.0179. The number of carbonyl (C=O) groups excluding carboxylic acids is 2. The summed E-state index contributed by atoms with van der Waals surface area (Å²) in [5.41, 5.74) is 1.16. The highest BCUT2D eigenvalue weighted by molar-refractivity contribution is 5.80. The Morgan fingerprint density at radius 1 is 1.20 bits per heavy atom. The molecule has 5 nitrogen and oxygen atoms in total. The van der Waals surface area contributed by atoms with Gasteiger partial charge in [0, 0.05) is 44.4 Å². The lowest BCUT2D eigenvalue weighted by Crippen LogP contribution is -2.44. The van der Waals surface area contributed by atoms with Gasteiger partial charge in [-0.2, -0.15) is 0 Å². The Morgan fingerprint density at radius 3 is 2.60 bits per heavy atom. The summed E-state index contributed by atoms with van der Waals surface area (Å²) >= 11 is 0. The molecule has 0 atom stereocenters. The predicted molar refractivity (Wildman–Crippen MR) is 96.6 cm³/mol. The van der Waals surface area contributed by atoms with Crippen molar-refractivity contribution in [3.63, 3.8) is 0 Å². The van der Waals surface area contributed by atoms with Crippen molar-refractivity contribution >= 4 is 17.9 Å². The van der Waals surface area contributed by atoms with Crippen LogP contribution in [0.15, 0.2) is 36.4 Å². The Bertz CT molecular complexity index is 634. The molecule has 2 amide bonds. The summed E-state index contributed by atoms with van der Waals surface area (Å²) in [5, 5.41) is 8.90. The molecule has 1 spiro atoms. The van der Waals surface area contributed by atoms with Crippen molar-refractivity contribution in [1.82, 2.24) is 9.80 Å². The highest BCUT2D eigenvalue weighted by Gasteiger charge is 2.44. The third-order valence-electron chi connectivity index (χ3n) is 5.34. The van der Waals surface area contributed by atoms with Crippen LogP contribution in [0.4, 0.5) is 0 Å². The topological polar surface area (TPSA) is 60.9 Å². The lowest BCUT2D eigenvalue weighted by atomic mass is 9.77. The van der Waals surface area contributed by atoms with Crippen LogP contribution in [0, 0.1) is 5.41 Å². The molecule has 2 fully saturated rings. The average Bonchev–Trinajstić information content (AvgIpc) is 2.92. The van der Waals surface area contributed by atoms with Gasteiger partial charge in [-0.05, 0) is 18.4 Å². The van der Waals surface area contributed by atoms with Gasteiger partial charge < -0.3 is 14.9 Å². The number of hydrogen-bond acceptors (Lipinski definition) is 3. The van der Waals surface area contributed by atoms with E-state index in [2.05, 4.69) is 6.08 Å². The molecule has 2 heterocycles. The van der Waals surface area contributed by atoms with E-state index in [4.69, 9.17) is 5.11 Å². The Labute approximate surface area is 148 Å². The zero-order chi connectivity index (χ0) is 17.7. The van der Waals surface area contributed by atoms with Crippen LogP contribution in [0.25, 0.3) is 6.08 Å². The van der Waals surface area contributed by atoms with Crippen LogP contribution in [0.2, 0.25) is 0 Å². The molecule has 2 aliphatic heterocycles. The van der Waals surface area contributed by atoms with Crippen LogP contribution in [-0.2, 0) is 9.59 Å². The minimum atomic E-state index is -0.0967. The molecule has 5 heteroatoms. The Balaban J connectivity index is 1.52. The highest BCUT2D eigenvalue weighted by Crippen LogP contribution is 2.41. The third-order valence-corrected chi connectivity index (χ3v) is 5.34. The Kier molecular flexibility index (Phi) is 5.53. The summed E-state index contributed by atoms with van der Waals surface area (Å²) in [6.07, 6.45) is 6.63. The molecule has 0 saturated carbocycles. The molecule has 1 N–H and O–H groups in total. The van der Waals surface area contributed by atoms with E-state index in [1.807, 2.05) is 46.2 Å². The SMILES string of the molecule is O=C(CCO)N1CCC2(CC1)CC(=O)N(C/C=C/c1ccccc1)C2. The first-order chi connectivity index (χ1) is 12.1. The van der Waals surface area contributed by atoms with E-state index in [-0.39, 0.29) is 30.3 Å². The minimum Gasteiger partial charge on any atom is -0.396 e. The van der Waals surface area contributed by atoms with Crippen molar-refractivity contribution in [3.05, 3.63) is 42.0 Å². The highest BCUT2D eigenvalue weighted by atomic mass is 16.3. The second kappa shape index (κ2) is 7.83. The summed E-state index contributed by atoms with van der Waals surface area (Å²) < 4.78 is 0. The summed E-state index contributed by atoms with van der Waals surface area (Å²) in [7, 11) is 0. The molecule has 2 saturated heterocycles. The number of benzene rings is 1. The lowest BCUT2D eigenvalue weighted by Gasteiger charge is -2.38. The van der Waals surface area contributed by atoms with Crippen molar-refractivity contribution in [2.24, 2.45) is 5.41 Å². The second-order valence-corrected chi connectivity index (χ2v) is 7.12. The van der Waals surface area contributed by atoms with Crippen LogP contribution in [0.1, 0.15) is 31.2 Å². The van der Waals surface area contributed by atoms with Gasteiger partial charge in [0.25, 0.3) is 0 Å². The van der Waals surface area contributed by atoms with Crippen molar-refractivity contribution in [3.8, 4) is 0 Å². The first kappa shape index (κ1) is 17.7. The number of piperidine rings is 1. The van der Waals surface area contributed by atoms with Crippen molar-refractivity contribution in [2.45, 2.75) is 25.7 Å². The Morgan fingerprint density at radius 2 is 1.92 bits per heavy atom. The van der Waals surface area contributed by atoms with E-state index in [0.717, 1.165) is 24.9 Å². The molecule has 134 valence electrons. The maximum atomic E-state index is 12.4. The van der Waals surface area contributed by atoms with Gasteiger partial charge in [-0.1, -0.05) is 42.5 Å². The van der Waals surface area contributed by atoms with Crippen LogP contribution < -0.4 is 0 Å². The molecule has 25 heavy (non-hydrogen) atoms. The number of likely N-dealkylation sites (tertiary alicyclic amines) is 2. The summed E-state index contributed by atoms with van der Waals surface area (Å²) in [6.45, 7) is 2.72. The summed E-state index contributed by atoms with van der Waals surface area (Å²) in [4.78, 5) is 28.0. The lowest BCUT2D eigenvalue weighted by molar-refractivity contribution is -0.134. The maximum absolute atomic E-state index is 12.4. The summed E-state index contributed by atoms with van der Waals surface area (Å²) in [6, 6.07) is 10.1. The number of aliphatic hydroxyl groups is 1. The predicted octanol–water partition coefficient (Wildman–Crippen LogP) is 1.92. The van der Waals surface area contributed by atoms with Crippen molar-refractivity contribution in [1.29, 1.82) is 0 Å². The maximum Gasteiger partial charge on any atom is 0.224 e. The molecule has 0 aromatic heterocycles. The molecule has 0 unspecified atom stereocenters. The monoisotopic (exact) mass is 342 g/mol. The van der Waals surface area contributed by atoms with E-state index >= 15 is 0 Å². The number of rotatable bonds is 5. The van der Waals surface area contributed by atoms with Gasteiger partial charge in [0.2, 0.25) is 11.8 Å². The first-order valence-corrected chi connectivity index (χ1v) is 9.00. The van der Waals surface area contributed by atoms with Crippen molar-refractivity contribution in [2.75, 3.05) is 32.8 Å². The molecule has 1 aromatic rings. The van der Waals surface area contributed by atoms with E-state index in [9.17, 15) is 9.59 Å².